The molecule has 19 heavy (non-hydrogen) atoms. The third-order valence-corrected chi connectivity index (χ3v) is 4.58. The molecule has 1 aromatic heterocycles. The van der Waals surface area contributed by atoms with E-state index >= 15 is 0 Å². The third kappa shape index (κ3) is 2.68. The maximum atomic E-state index is 12.2. The van der Waals surface area contributed by atoms with Crippen molar-refractivity contribution in [1.82, 2.24) is 4.57 Å². The Morgan fingerprint density at radius 1 is 1.16 bits per heavy atom. The molecule has 0 atom stereocenters. The molecule has 0 aliphatic rings. The van der Waals surface area contributed by atoms with Crippen molar-refractivity contribution < 1.29 is 13.2 Å². The van der Waals surface area contributed by atoms with Crippen molar-refractivity contribution in [1.29, 1.82) is 0 Å². The van der Waals surface area contributed by atoms with E-state index in [1.165, 1.54) is 10.6 Å². The molecule has 0 unspecified atom stereocenters. The van der Waals surface area contributed by atoms with Crippen LogP contribution in [0.3, 0.4) is 0 Å². The summed E-state index contributed by atoms with van der Waals surface area (Å²) in [6.07, 6.45) is 0. The molecule has 0 spiro atoms. The van der Waals surface area contributed by atoms with Crippen molar-refractivity contribution in [3.8, 4) is 0 Å². The van der Waals surface area contributed by atoms with Gasteiger partial charge in [-0.2, -0.15) is 0 Å². The van der Waals surface area contributed by atoms with E-state index in [0.717, 1.165) is 0 Å². The largest absolute Gasteiger partial charge is 0.364 e. The van der Waals surface area contributed by atoms with Gasteiger partial charge in [-0.15, -0.1) is 0 Å². The lowest BCUT2D eigenvalue weighted by molar-refractivity contribution is 0.0992. The zero-order valence-corrected chi connectivity index (χ0v) is 11.2. The van der Waals surface area contributed by atoms with Gasteiger partial charge >= 0.3 is 0 Å². The number of nitrogens with two attached hydrogens (primary N) is 1. The second-order valence-corrected chi connectivity index (χ2v) is 6.19. The Kier molecular flexibility index (Phi) is 3.44. The second-order valence-electron chi connectivity index (χ2n) is 4.21. The fraction of sp³-hybridized carbons (Fsp3) is 0.154. The first kappa shape index (κ1) is 13.4. The third-order valence-electron chi connectivity index (χ3n) is 2.92. The van der Waals surface area contributed by atoms with Crippen LogP contribution in [-0.4, -0.2) is 18.9 Å². The summed E-state index contributed by atoms with van der Waals surface area (Å²) in [7, 11) is -1.80. The normalized spacial score (nSPS) is 11.4. The van der Waals surface area contributed by atoms with Gasteiger partial charge < -0.3 is 10.3 Å². The minimum Gasteiger partial charge on any atom is -0.364 e. The summed E-state index contributed by atoms with van der Waals surface area (Å²) in [6, 6.07) is 11.3. The number of nitrogens with zero attached hydrogens (tertiary/aromatic N) is 1. The molecule has 0 radical (unpaired) electrons. The predicted molar refractivity (Wildman–Crippen MR) is 71.3 cm³/mol. The Morgan fingerprint density at radius 2 is 1.79 bits per heavy atom. The molecule has 2 N–H and O–H groups in total. The summed E-state index contributed by atoms with van der Waals surface area (Å²) in [5.74, 6) is -0.744. The average molecular weight is 278 g/mol. The topological polar surface area (TPSA) is 82.2 Å². The average Bonchev–Trinajstić information content (AvgIpc) is 2.72. The van der Waals surface area contributed by atoms with Crippen molar-refractivity contribution in [2.45, 2.75) is 10.6 Å². The van der Waals surface area contributed by atoms with Gasteiger partial charge in [0.1, 0.15) is 5.69 Å². The Hall–Kier alpha value is -2.08. The number of carbonyl (C=O) groups excluding carboxylic acids is 1. The van der Waals surface area contributed by atoms with E-state index in [1.54, 1.807) is 43.4 Å². The number of hydrogen-bond acceptors (Lipinski definition) is 3. The van der Waals surface area contributed by atoms with Crippen LogP contribution in [0.5, 0.6) is 0 Å². The van der Waals surface area contributed by atoms with Crippen LogP contribution in [-0.2, 0) is 22.6 Å². The van der Waals surface area contributed by atoms with Gasteiger partial charge in [0.15, 0.2) is 9.84 Å². The Balaban J connectivity index is 2.34. The highest BCUT2D eigenvalue weighted by Gasteiger charge is 2.18. The summed E-state index contributed by atoms with van der Waals surface area (Å²) >= 11 is 0. The maximum Gasteiger partial charge on any atom is 0.265 e. The van der Waals surface area contributed by atoms with E-state index < -0.39 is 15.7 Å². The first-order valence-corrected chi connectivity index (χ1v) is 7.29. The molecule has 0 aliphatic heterocycles. The lowest BCUT2D eigenvalue weighted by atomic mass is 10.4. The zero-order chi connectivity index (χ0) is 14.0. The van der Waals surface area contributed by atoms with Gasteiger partial charge in [-0.1, -0.05) is 18.2 Å². The number of benzene rings is 1. The van der Waals surface area contributed by atoms with Crippen LogP contribution in [0.25, 0.3) is 0 Å². The van der Waals surface area contributed by atoms with Gasteiger partial charge in [-0.3, -0.25) is 4.79 Å². The maximum absolute atomic E-state index is 12.2. The molecule has 1 heterocycles. The van der Waals surface area contributed by atoms with E-state index in [9.17, 15) is 13.2 Å². The van der Waals surface area contributed by atoms with Crippen molar-refractivity contribution >= 4 is 15.7 Å². The molecular weight excluding hydrogens is 264 g/mol. The number of hydrogen-bond donors (Lipinski definition) is 1. The van der Waals surface area contributed by atoms with Crippen LogP contribution in [0, 0.1) is 0 Å². The fourth-order valence-corrected chi connectivity index (χ4v) is 3.27. The minimum atomic E-state index is -3.42. The van der Waals surface area contributed by atoms with Gasteiger partial charge in [0.2, 0.25) is 0 Å². The fourth-order valence-electron chi connectivity index (χ4n) is 1.85. The highest BCUT2D eigenvalue weighted by Crippen LogP contribution is 2.17. The molecule has 1 amide bonds. The molecule has 2 aromatic rings. The molecule has 0 aliphatic carbocycles. The van der Waals surface area contributed by atoms with Crippen LogP contribution in [0.15, 0.2) is 47.4 Å². The Labute approximate surface area is 111 Å². The standard InChI is InChI=1S/C13H14N2O3S/c1-15-10(7-8-12(15)13(14)16)9-19(17,18)11-5-3-2-4-6-11/h2-8H,9H2,1H3,(H2,14,16). The smallest absolute Gasteiger partial charge is 0.265 e. The molecule has 0 bridgehead atoms. The first-order chi connectivity index (χ1) is 8.92. The van der Waals surface area contributed by atoms with Crippen LogP contribution in [0.2, 0.25) is 0 Å². The van der Waals surface area contributed by atoms with Crippen LogP contribution in [0.4, 0.5) is 0 Å². The van der Waals surface area contributed by atoms with Gasteiger partial charge in [0.05, 0.1) is 10.6 Å². The van der Waals surface area contributed by atoms with Crippen molar-refractivity contribution in [2.24, 2.45) is 12.8 Å². The van der Waals surface area contributed by atoms with Gasteiger partial charge in [-0.25, -0.2) is 8.42 Å². The van der Waals surface area contributed by atoms with E-state index in [0.29, 0.717) is 11.4 Å². The summed E-state index contributed by atoms with van der Waals surface area (Å²) in [6.45, 7) is 0. The number of primary amides is 1. The summed E-state index contributed by atoms with van der Waals surface area (Å²) < 4.78 is 25.9. The molecule has 0 saturated heterocycles. The number of rotatable bonds is 4. The Morgan fingerprint density at radius 3 is 2.32 bits per heavy atom. The summed E-state index contributed by atoms with van der Waals surface area (Å²) in [5, 5.41) is 0. The number of carbonyl (C=O) groups is 1. The van der Waals surface area contributed by atoms with E-state index in [4.69, 9.17) is 5.73 Å². The second kappa shape index (κ2) is 4.89. The van der Waals surface area contributed by atoms with E-state index in [2.05, 4.69) is 0 Å². The van der Waals surface area contributed by atoms with E-state index in [1.807, 2.05) is 0 Å². The van der Waals surface area contributed by atoms with Gasteiger partial charge in [0.25, 0.3) is 5.91 Å². The van der Waals surface area contributed by atoms with Gasteiger partial charge in [-0.05, 0) is 24.3 Å². The minimum absolute atomic E-state index is 0.166. The monoisotopic (exact) mass is 278 g/mol. The van der Waals surface area contributed by atoms with Crippen molar-refractivity contribution in [2.75, 3.05) is 0 Å². The van der Waals surface area contributed by atoms with Crippen molar-refractivity contribution in [3.05, 3.63) is 53.9 Å². The molecule has 2 rings (SSSR count). The highest BCUT2D eigenvalue weighted by atomic mass is 32.2. The number of amides is 1. The molecule has 1 aromatic carbocycles. The van der Waals surface area contributed by atoms with Crippen molar-refractivity contribution in [3.63, 3.8) is 0 Å². The van der Waals surface area contributed by atoms with Crippen LogP contribution in [0.1, 0.15) is 16.2 Å². The Bertz CT molecular complexity index is 703. The first-order valence-electron chi connectivity index (χ1n) is 5.64. The molecule has 0 saturated carbocycles. The van der Waals surface area contributed by atoms with E-state index in [-0.39, 0.29) is 10.6 Å². The quantitative estimate of drug-likeness (QED) is 0.909. The number of aromatic nitrogens is 1. The molecular formula is C13H14N2O3S. The molecule has 6 heteroatoms. The SMILES string of the molecule is Cn1c(CS(=O)(=O)c2ccccc2)ccc1C(N)=O. The summed E-state index contributed by atoms with van der Waals surface area (Å²) in [4.78, 5) is 11.4. The van der Waals surface area contributed by atoms with Gasteiger partial charge in [0, 0.05) is 12.7 Å². The predicted octanol–water partition coefficient (Wildman–Crippen LogP) is 1.10. The molecule has 0 fully saturated rings. The van der Waals surface area contributed by atoms with Crippen LogP contribution >= 0.6 is 0 Å². The lowest BCUT2D eigenvalue weighted by Gasteiger charge is -2.07. The number of sulfone groups is 1. The molecule has 100 valence electrons. The summed E-state index contributed by atoms with van der Waals surface area (Å²) in [5.41, 5.74) is 6.01. The lowest BCUT2D eigenvalue weighted by Crippen LogP contribution is -2.17. The zero-order valence-electron chi connectivity index (χ0n) is 10.4. The molecule has 5 nitrogen and oxygen atoms in total. The highest BCUT2D eigenvalue weighted by molar-refractivity contribution is 7.90. The van der Waals surface area contributed by atoms with Crippen LogP contribution < -0.4 is 5.73 Å².